The summed E-state index contributed by atoms with van der Waals surface area (Å²) in [6, 6.07) is 0. The van der Waals surface area contributed by atoms with E-state index in [9.17, 15) is 4.79 Å². The lowest BCUT2D eigenvalue weighted by atomic mass is 10.2. The lowest BCUT2D eigenvalue weighted by Crippen LogP contribution is -2.31. The second-order valence-corrected chi connectivity index (χ2v) is 3.54. The van der Waals surface area contributed by atoms with Crippen molar-refractivity contribution in [1.29, 1.82) is 0 Å². The van der Waals surface area contributed by atoms with Crippen molar-refractivity contribution in [3.63, 3.8) is 0 Å². The number of carbonyl (C=O) groups excluding carboxylic acids is 1. The fourth-order valence-electron chi connectivity index (χ4n) is 1.46. The summed E-state index contributed by atoms with van der Waals surface area (Å²) in [5.41, 5.74) is 0. The Balaban J connectivity index is 2.00. The topological polar surface area (TPSA) is 38.3 Å². The Kier molecular flexibility index (Phi) is 4.83. The number of hydrogen-bond donors (Lipinski definition) is 1. The summed E-state index contributed by atoms with van der Waals surface area (Å²) >= 11 is 0. The van der Waals surface area contributed by atoms with Gasteiger partial charge in [0.1, 0.15) is 0 Å². The summed E-state index contributed by atoms with van der Waals surface area (Å²) < 4.78 is 5.39. The van der Waals surface area contributed by atoms with Crippen molar-refractivity contribution in [3.05, 3.63) is 0 Å². The Labute approximate surface area is 79.8 Å². The number of rotatable bonds is 5. The molecule has 1 fully saturated rings. The van der Waals surface area contributed by atoms with Gasteiger partial charge in [0.25, 0.3) is 0 Å². The van der Waals surface area contributed by atoms with Gasteiger partial charge in [-0.15, -0.1) is 0 Å². The normalized spacial score (nSPS) is 21.8. The first kappa shape index (κ1) is 10.5. The average molecular weight is 185 g/mol. The van der Waals surface area contributed by atoms with E-state index in [1.54, 1.807) is 0 Å². The molecular weight excluding hydrogens is 166 g/mol. The molecule has 0 aromatic heterocycles. The molecule has 0 spiro atoms. The van der Waals surface area contributed by atoms with Gasteiger partial charge >= 0.3 is 0 Å². The third-order valence-corrected chi connectivity index (χ3v) is 2.31. The van der Waals surface area contributed by atoms with E-state index in [0.29, 0.717) is 13.0 Å². The minimum atomic E-state index is 0.164. The van der Waals surface area contributed by atoms with E-state index >= 15 is 0 Å². The van der Waals surface area contributed by atoms with Crippen LogP contribution in [-0.2, 0) is 9.53 Å². The molecule has 0 bridgehead atoms. The van der Waals surface area contributed by atoms with E-state index in [-0.39, 0.29) is 12.0 Å². The molecule has 1 aliphatic rings. The van der Waals surface area contributed by atoms with E-state index in [1.807, 2.05) is 0 Å². The van der Waals surface area contributed by atoms with Crippen molar-refractivity contribution in [3.8, 4) is 0 Å². The van der Waals surface area contributed by atoms with Gasteiger partial charge in [-0.2, -0.15) is 0 Å². The highest BCUT2D eigenvalue weighted by molar-refractivity contribution is 5.75. The first-order chi connectivity index (χ1) is 6.33. The number of ether oxygens (including phenoxy) is 1. The summed E-state index contributed by atoms with van der Waals surface area (Å²) in [5.74, 6) is 0.164. The highest BCUT2D eigenvalue weighted by atomic mass is 16.5. The first-order valence-corrected chi connectivity index (χ1v) is 5.21. The Morgan fingerprint density at radius 3 is 3.08 bits per heavy atom. The van der Waals surface area contributed by atoms with Crippen molar-refractivity contribution in [1.82, 2.24) is 5.32 Å². The van der Waals surface area contributed by atoms with E-state index < -0.39 is 0 Å². The molecule has 0 saturated carbocycles. The molecule has 0 aromatic rings. The standard InChI is InChI=1S/C10H19NO2/c1-2-3-6-10(12)11-8-9-5-4-7-13-9/h9H,2-8H2,1H3,(H,11,12). The second kappa shape index (κ2) is 5.97. The number of amides is 1. The summed E-state index contributed by atoms with van der Waals surface area (Å²) in [4.78, 5) is 11.2. The maximum absolute atomic E-state index is 11.2. The van der Waals surface area contributed by atoms with Crippen molar-refractivity contribution in [2.45, 2.75) is 45.1 Å². The molecule has 1 saturated heterocycles. The lowest BCUT2D eigenvalue weighted by Gasteiger charge is -2.10. The zero-order valence-corrected chi connectivity index (χ0v) is 8.34. The monoisotopic (exact) mass is 185 g/mol. The number of carbonyl (C=O) groups is 1. The van der Waals surface area contributed by atoms with Crippen LogP contribution in [0, 0.1) is 0 Å². The van der Waals surface area contributed by atoms with Crippen LogP contribution in [0.1, 0.15) is 39.0 Å². The molecule has 3 heteroatoms. The average Bonchev–Trinajstić information content (AvgIpc) is 2.64. The molecule has 0 radical (unpaired) electrons. The van der Waals surface area contributed by atoms with E-state index in [0.717, 1.165) is 32.3 Å². The molecule has 1 aliphatic heterocycles. The van der Waals surface area contributed by atoms with Crippen molar-refractivity contribution < 1.29 is 9.53 Å². The maximum Gasteiger partial charge on any atom is 0.220 e. The minimum Gasteiger partial charge on any atom is -0.376 e. The lowest BCUT2D eigenvalue weighted by molar-refractivity contribution is -0.121. The zero-order valence-electron chi connectivity index (χ0n) is 8.34. The van der Waals surface area contributed by atoms with Crippen LogP contribution in [0.5, 0.6) is 0 Å². The highest BCUT2D eigenvalue weighted by Gasteiger charge is 2.15. The van der Waals surface area contributed by atoms with Gasteiger partial charge in [-0.05, 0) is 19.3 Å². The van der Waals surface area contributed by atoms with Crippen LogP contribution in [0.25, 0.3) is 0 Å². The van der Waals surface area contributed by atoms with Gasteiger partial charge in [0.05, 0.1) is 6.10 Å². The Morgan fingerprint density at radius 1 is 1.62 bits per heavy atom. The quantitative estimate of drug-likeness (QED) is 0.704. The van der Waals surface area contributed by atoms with Crippen molar-refractivity contribution in [2.24, 2.45) is 0 Å². The van der Waals surface area contributed by atoms with Crippen LogP contribution < -0.4 is 5.32 Å². The minimum absolute atomic E-state index is 0.164. The molecule has 1 rings (SSSR count). The SMILES string of the molecule is CCCCC(=O)NCC1CCCO1. The van der Waals surface area contributed by atoms with Gasteiger partial charge in [-0.1, -0.05) is 13.3 Å². The van der Waals surface area contributed by atoms with Crippen molar-refractivity contribution >= 4 is 5.91 Å². The number of hydrogen-bond acceptors (Lipinski definition) is 2. The maximum atomic E-state index is 11.2. The summed E-state index contributed by atoms with van der Waals surface area (Å²) in [5, 5.41) is 2.90. The van der Waals surface area contributed by atoms with Gasteiger partial charge in [0, 0.05) is 19.6 Å². The van der Waals surface area contributed by atoms with E-state index in [4.69, 9.17) is 4.74 Å². The molecule has 3 nitrogen and oxygen atoms in total. The highest BCUT2D eigenvalue weighted by Crippen LogP contribution is 2.10. The van der Waals surface area contributed by atoms with Gasteiger partial charge in [0.2, 0.25) is 5.91 Å². The molecular formula is C10H19NO2. The molecule has 1 amide bonds. The summed E-state index contributed by atoms with van der Waals surface area (Å²) in [6.45, 7) is 3.64. The predicted molar refractivity (Wildman–Crippen MR) is 51.5 cm³/mol. The molecule has 1 atom stereocenters. The van der Waals surface area contributed by atoms with Crippen LogP contribution in [-0.4, -0.2) is 25.2 Å². The molecule has 1 unspecified atom stereocenters. The molecule has 0 aromatic carbocycles. The van der Waals surface area contributed by atoms with Gasteiger partial charge < -0.3 is 10.1 Å². The van der Waals surface area contributed by atoms with E-state index in [2.05, 4.69) is 12.2 Å². The van der Waals surface area contributed by atoms with Crippen LogP contribution >= 0.6 is 0 Å². The van der Waals surface area contributed by atoms with E-state index in [1.165, 1.54) is 0 Å². The smallest absolute Gasteiger partial charge is 0.220 e. The van der Waals surface area contributed by atoms with Crippen LogP contribution in [0.15, 0.2) is 0 Å². The van der Waals surface area contributed by atoms with Crippen LogP contribution in [0.4, 0.5) is 0 Å². The summed E-state index contributed by atoms with van der Waals surface area (Å²) in [6.07, 6.45) is 5.21. The third kappa shape index (κ3) is 4.27. The summed E-state index contributed by atoms with van der Waals surface area (Å²) in [7, 11) is 0. The van der Waals surface area contributed by atoms with Gasteiger partial charge in [-0.25, -0.2) is 0 Å². The second-order valence-electron chi connectivity index (χ2n) is 3.54. The first-order valence-electron chi connectivity index (χ1n) is 5.21. The fraction of sp³-hybridized carbons (Fsp3) is 0.900. The largest absolute Gasteiger partial charge is 0.376 e. The van der Waals surface area contributed by atoms with Crippen molar-refractivity contribution in [2.75, 3.05) is 13.2 Å². The molecule has 0 aliphatic carbocycles. The predicted octanol–water partition coefficient (Wildman–Crippen LogP) is 1.47. The Hall–Kier alpha value is -0.570. The van der Waals surface area contributed by atoms with Gasteiger partial charge in [-0.3, -0.25) is 4.79 Å². The van der Waals surface area contributed by atoms with Gasteiger partial charge in [0.15, 0.2) is 0 Å². The third-order valence-electron chi connectivity index (χ3n) is 2.31. The molecule has 13 heavy (non-hydrogen) atoms. The number of nitrogens with one attached hydrogen (secondary N) is 1. The molecule has 76 valence electrons. The Bertz CT molecular complexity index is 153. The zero-order chi connectivity index (χ0) is 9.52. The molecule has 1 heterocycles. The fourth-order valence-corrected chi connectivity index (χ4v) is 1.46. The number of unbranched alkanes of at least 4 members (excludes halogenated alkanes) is 1. The van der Waals surface area contributed by atoms with Crippen LogP contribution in [0.3, 0.4) is 0 Å². The molecule has 1 N–H and O–H groups in total. The Morgan fingerprint density at radius 2 is 2.46 bits per heavy atom. The van der Waals surface area contributed by atoms with Crippen LogP contribution in [0.2, 0.25) is 0 Å².